The van der Waals surface area contributed by atoms with E-state index in [1.54, 1.807) is 0 Å². The standard InChI is InChI=1S/C32H16O2S2/c1-5-13-21-17(9-1)25-26-18-10-2-6-14-22(18)34-30(26)32-28(20-12-4-8-16-24(20)36-32)27-19-11-3-7-15-23(19)35-31(27)29(25)33-21/h1-16H. The maximum Gasteiger partial charge on any atom is 0.154 e. The largest absolute Gasteiger partial charge is 0.455 e. The van der Waals surface area contributed by atoms with Gasteiger partial charge in [-0.2, -0.15) is 0 Å². The molecule has 0 spiro atoms. The highest BCUT2D eigenvalue weighted by molar-refractivity contribution is 7.24. The number of benzene rings is 4. The highest BCUT2D eigenvalue weighted by Crippen LogP contribution is 2.60. The van der Waals surface area contributed by atoms with E-state index >= 15 is 0 Å². The summed E-state index contributed by atoms with van der Waals surface area (Å²) in [5.41, 5.74) is 6.54. The number of para-hydroxylation sites is 2. The Morgan fingerprint density at radius 1 is 0.389 bits per heavy atom. The first kappa shape index (κ1) is 19.1. The van der Waals surface area contributed by atoms with Crippen LogP contribution in [0, 0.1) is 0 Å². The first-order valence-electron chi connectivity index (χ1n) is 11.9. The molecule has 2 nitrogen and oxygen atoms in total. The van der Waals surface area contributed by atoms with Gasteiger partial charge in [-0.05, 0) is 24.3 Å². The molecule has 0 bridgehead atoms. The van der Waals surface area contributed by atoms with Crippen molar-refractivity contribution in [1.82, 2.24) is 0 Å². The fourth-order valence-electron chi connectivity index (χ4n) is 5.81. The Morgan fingerprint density at radius 2 is 0.778 bits per heavy atom. The molecule has 0 unspecified atom stereocenters. The number of fused-ring (bicyclic) bond motifs is 16. The van der Waals surface area contributed by atoms with Crippen LogP contribution in [-0.4, -0.2) is 0 Å². The maximum absolute atomic E-state index is 6.73. The Hall–Kier alpha value is -4.12. The predicted molar refractivity (Wildman–Crippen MR) is 152 cm³/mol. The third-order valence-electron chi connectivity index (χ3n) is 7.29. The van der Waals surface area contributed by atoms with E-state index in [4.69, 9.17) is 8.83 Å². The Morgan fingerprint density at radius 3 is 1.25 bits per heavy atom. The molecule has 4 aromatic heterocycles. The van der Waals surface area contributed by atoms with Crippen LogP contribution in [0.2, 0.25) is 0 Å². The molecule has 0 N–H and O–H groups in total. The first-order valence-corrected chi connectivity index (χ1v) is 13.6. The van der Waals surface area contributed by atoms with Crippen LogP contribution in [0.4, 0.5) is 0 Å². The molecule has 0 amide bonds. The van der Waals surface area contributed by atoms with Crippen LogP contribution >= 0.6 is 22.7 Å². The van der Waals surface area contributed by atoms with Crippen LogP contribution in [-0.2, 0) is 0 Å². The third kappa shape index (κ3) is 2.31. The molecule has 1 aliphatic carbocycles. The molecular formula is C32H16O2S2. The molecule has 0 radical (unpaired) electrons. The number of rotatable bonds is 0. The van der Waals surface area contributed by atoms with Crippen molar-refractivity contribution in [2.24, 2.45) is 0 Å². The molecule has 4 heteroatoms. The summed E-state index contributed by atoms with van der Waals surface area (Å²) in [7, 11) is 0. The minimum Gasteiger partial charge on any atom is -0.455 e. The van der Waals surface area contributed by atoms with E-state index < -0.39 is 0 Å². The lowest BCUT2D eigenvalue weighted by Crippen LogP contribution is -1.89. The topological polar surface area (TPSA) is 26.3 Å². The van der Waals surface area contributed by atoms with Crippen molar-refractivity contribution in [1.29, 1.82) is 0 Å². The van der Waals surface area contributed by atoms with Crippen molar-refractivity contribution >= 4 is 64.8 Å². The lowest BCUT2D eigenvalue weighted by Gasteiger charge is -2.12. The summed E-state index contributed by atoms with van der Waals surface area (Å²) in [5, 5.41) is 4.75. The summed E-state index contributed by atoms with van der Waals surface area (Å²) in [6.07, 6.45) is 0. The van der Waals surface area contributed by atoms with Gasteiger partial charge in [0.15, 0.2) is 11.5 Å². The molecule has 1 aliphatic rings. The number of thiophene rings is 2. The summed E-state index contributed by atoms with van der Waals surface area (Å²) in [6.45, 7) is 0. The highest BCUT2D eigenvalue weighted by Gasteiger charge is 2.34. The number of hydrogen-bond donors (Lipinski definition) is 0. The quantitative estimate of drug-likeness (QED) is 0.209. The molecule has 168 valence electrons. The Balaban J connectivity index is 1.61. The second-order valence-electron chi connectivity index (χ2n) is 9.21. The predicted octanol–water partition coefficient (Wildman–Crippen LogP) is 10.6. The average molecular weight is 497 g/mol. The molecule has 0 saturated carbocycles. The van der Waals surface area contributed by atoms with E-state index in [0.717, 1.165) is 44.6 Å². The minimum atomic E-state index is 0.900. The fraction of sp³-hybridized carbons (Fsp3) is 0. The zero-order chi connectivity index (χ0) is 23.4. The lowest BCUT2D eigenvalue weighted by atomic mass is 9.90. The number of furan rings is 2. The first-order chi connectivity index (χ1) is 17.9. The van der Waals surface area contributed by atoms with Gasteiger partial charge in [-0.1, -0.05) is 72.8 Å². The zero-order valence-corrected chi connectivity index (χ0v) is 20.5. The molecule has 0 atom stereocenters. The van der Waals surface area contributed by atoms with E-state index in [2.05, 4.69) is 84.9 Å². The van der Waals surface area contributed by atoms with E-state index in [9.17, 15) is 0 Å². The normalized spacial score (nSPS) is 12.4. The monoisotopic (exact) mass is 496 g/mol. The molecule has 9 rings (SSSR count). The summed E-state index contributed by atoms with van der Waals surface area (Å²) in [6, 6.07) is 34.2. The van der Waals surface area contributed by atoms with E-state index in [1.807, 2.05) is 34.8 Å². The van der Waals surface area contributed by atoms with Gasteiger partial charge in [-0.25, -0.2) is 0 Å². The highest BCUT2D eigenvalue weighted by atomic mass is 32.1. The lowest BCUT2D eigenvalue weighted by molar-refractivity contribution is 0.629. The minimum absolute atomic E-state index is 0.900. The van der Waals surface area contributed by atoms with Gasteiger partial charge < -0.3 is 8.83 Å². The molecule has 0 fully saturated rings. The van der Waals surface area contributed by atoms with Crippen LogP contribution < -0.4 is 0 Å². The molecule has 8 aromatic rings. The van der Waals surface area contributed by atoms with Gasteiger partial charge in [0.2, 0.25) is 0 Å². The van der Waals surface area contributed by atoms with Crippen molar-refractivity contribution < 1.29 is 8.83 Å². The van der Waals surface area contributed by atoms with Gasteiger partial charge in [0, 0.05) is 53.2 Å². The van der Waals surface area contributed by atoms with Gasteiger partial charge in [0.25, 0.3) is 0 Å². The van der Waals surface area contributed by atoms with Crippen LogP contribution in [0.3, 0.4) is 0 Å². The Bertz CT molecular complexity index is 1850. The third-order valence-corrected chi connectivity index (χ3v) is 9.63. The summed E-state index contributed by atoms with van der Waals surface area (Å²) in [4.78, 5) is 2.37. The van der Waals surface area contributed by atoms with Crippen LogP contribution in [0.5, 0.6) is 0 Å². The van der Waals surface area contributed by atoms with Crippen molar-refractivity contribution in [3.8, 4) is 43.5 Å². The molecule has 0 aliphatic heterocycles. The van der Waals surface area contributed by atoms with Gasteiger partial charge >= 0.3 is 0 Å². The van der Waals surface area contributed by atoms with Gasteiger partial charge in [0.05, 0.1) is 9.75 Å². The molecular weight excluding hydrogens is 480 g/mol. The van der Waals surface area contributed by atoms with E-state index in [0.29, 0.717) is 0 Å². The van der Waals surface area contributed by atoms with Crippen molar-refractivity contribution in [3.05, 3.63) is 97.1 Å². The molecule has 4 heterocycles. The van der Waals surface area contributed by atoms with Gasteiger partial charge in [-0.3, -0.25) is 0 Å². The second kappa shape index (κ2) is 6.76. The van der Waals surface area contributed by atoms with Crippen LogP contribution in [0.25, 0.3) is 85.6 Å². The fourth-order valence-corrected chi connectivity index (χ4v) is 8.21. The smallest absolute Gasteiger partial charge is 0.154 e. The van der Waals surface area contributed by atoms with Crippen LogP contribution in [0.15, 0.2) is 106 Å². The van der Waals surface area contributed by atoms with Crippen molar-refractivity contribution in [2.45, 2.75) is 0 Å². The van der Waals surface area contributed by atoms with Crippen molar-refractivity contribution in [2.75, 3.05) is 0 Å². The maximum atomic E-state index is 6.73. The number of hydrogen-bond acceptors (Lipinski definition) is 4. The van der Waals surface area contributed by atoms with Gasteiger partial charge in [0.1, 0.15) is 11.2 Å². The van der Waals surface area contributed by atoms with E-state index in [-0.39, 0.29) is 0 Å². The Kier molecular flexibility index (Phi) is 3.59. The summed E-state index contributed by atoms with van der Waals surface area (Å²) >= 11 is 3.64. The summed E-state index contributed by atoms with van der Waals surface area (Å²) in [5.74, 6) is 1.86. The SMILES string of the molecule is c1ccc2c3c(oc2c1)-c1sc2ccccc2c1-c1c(sc2ccccc12)-c1oc2ccccc2c1-3. The second-order valence-corrected chi connectivity index (χ2v) is 11.3. The van der Waals surface area contributed by atoms with Gasteiger partial charge in [-0.15, -0.1) is 22.7 Å². The van der Waals surface area contributed by atoms with E-state index in [1.165, 1.54) is 41.1 Å². The molecule has 4 aromatic carbocycles. The summed E-state index contributed by atoms with van der Waals surface area (Å²) < 4.78 is 16.0. The van der Waals surface area contributed by atoms with Crippen molar-refractivity contribution in [3.63, 3.8) is 0 Å². The average Bonchev–Trinajstić information content (AvgIpc) is 3.66. The Labute approximate surface area is 213 Å². The molecule has 0 saturated heterocycles. The zero-order valence-electron chi connectivity index (χ0n) is 18.9. The van der Waals surface area contributed by atoms with Crippen LogP contribution in [0.1, 0.15) is 0 Å². The molecule has 36 heavy (non-hydrogen) atoms.